The number of nitrogen functional groups attached to an aromatic ring is 1. The molecule has 1 aliphatic rings. The molecule has 2 amide bonds. The van der Waals surface area contributed by atoms with E-state index in [1.807, 2.05) is 0 Å². The maximum atomic E-state index is 12.4. The highest BCUT2D eigenvalue weighted by molar-refractivity contribution is 6.30. The van der Waals surface area contributed by atoms with Crippen LogP contribution in [0.5, 0.6) is 11.5 Å². The van der Waals surface area contributed by atoms with Crippen molar-refractivity contribution in [2.24, 2.45) is 5.73 Å². The third-order valence-corrected chi connectivity index (χ3v) is 6.06. The fourth-order valence-corrected chi connectivity index (χ4v) is 4.23. The summed E-state index contributed by atoms with van der Waals surface area (Å²) in [4.78, 5) is 26.0. The summed E-state index contributed by atoms with van der Waals surface area (Å²) in [6.45, 7) is 0.637. The van der Waals surface area contributed by atoms with Crippen LogP contribution in [0.1, 0.15) is 29.2 Å². The number of benzene rings is 2. The minimum absolute atomic E-state index is 0.0717. The Kier molecular flexibility index (Phi) is 7.54. The number of nitrogens with two attached hydrogens (primary N) is 2. The number of anilines is 1. The number of allylic oxidation sites excluding steroid dienone is 1. The number of nitrogens with zero attached hydrogens (tertiary/aromatic N) is 3. The third kappa shape index (κ3) is 5.65. The summed E-state index contributed by atoms with van der Waals surface area (Å²) >= 11 is 5.90. The molecular formula is C25H24ClF2N5O3. The highest BCUT2D eigenvalue weighted by Crippen LogP contribution is 2.33. The Morgan fingerprint density at radius 2 is 1.75 bits per heavy atom. The van der Waals surface area contributed by atoms with E-state index >= 15 is 0 Å². The molecule has 0 bridgehead atoms. The molecular weight excluding hydrogens is 492 g/mol. The molecule has 0 saturated carbocycles. The lowest BCUT2D eigenvalue weighted by Crippen LogP contribution is -2.40. The summed E-state index contributed by atoms with van der Waals surface area (Å²) in [5, 5.41) is 5.17. The molecule has 11 heteroatoms. The van der Waals surface area contributed by atoms with Crippen molar-refractivity contribution >= 4 is 29.2 Å². The van der Waals surface area contributed by atoms with Gasteiger partial charge in [0.25, 0.3) is 12.3 Å². The number of alkyl halides is 2. The van der Waals surface area contributed by atoms with Crippen LogP contribution in [0.4, 0.5) is 14.6 Å². The number of carbonyl (C=O) groups is 2. The van der Waals surface area contributed by atoms with Gasteiger partial charge in [0, 0.05) is 29.8 Å². The summed E-state index contributed by atoms with van der Waals surface area (Å²) < 4.78 is 32.2. The van der Waals surface area contributed by atoms with Gasteiger partial charge in [-0.05, 0) is 67.4 Å². The zero-order chi connectivity index (χ0) is 25.8. The van der Waals surface area contributed by atoms with Gasteiger partial charge in [-0.25, -0.2) is 13.5 Å². The number of piperidine rings is 1. The second kappa shape index (κ2) is 10.8. The van der Waals surface area contributed by atoms with E-state index in [0.717, 1.165) is 6.08 Å². The molecule has 2 aromatic carbocycles. The first-order valence-electron chi connectivity index (χ1n) is 11.2. The number of hydrogen-bond acceptors (Lipinski definition) is 5. The molecule has 4 rings (SSSR count). The SMILES string of the molecule is NC(=O)c1c(-c2ccc(Oc3ccc(Cl)cc3)cc2)nn(C2CCCN(C(=O)/C=C/C(F)F)C2)c1N. The van der Waals surface area contributed by atoms with Crippen molar-refractivity contribution in [1.29, 1.82) is 0 Å². The summed E-state index contributed by atoms with van der Waals surface area (Å²) in [6.07, 6.45) is -0.0266. The van der Waals surface area contributed by atoms with Crippen LogP contribution in [-0.2, 0) is 4.79 Å². The van der Waals surface area contributed by atoms with Crippen LogP contribution in [0.25, 0.3) is 11.3 Å². The molecule has 1 unspecified atom stereocenters. The third-order valence-electron chi connectivity index (χ3n) is 5.81. The lowest BCUT2D eigenvalue weighted by atomic mass is 10.1. The van der Waals surface area contributed by atoms with Crippen molar-refractivity contribution in [2.45, 2.75) is 25.3 Å². The van der Waals surface area contributed by atoms with Crippen LogP contribution in [0.2, 0.25) is 5.02 Å². The molecule has 1 saturated heterocycles. The number of aromatic nitrogens is 2. The second-order valence-electron chi connectivity index (χ2n) is 8.27. The molecule has 0 radical (unpaired) electrons. The minimum atomic E-state index is -2.71. The number of carbonyl (C=O) groups excluding carboxylic acids is 2. The Labute approximate surface area is 211 Å². The molecule has 1 aromatic heterocycles. The van der Waals surface area contributed by atoms with E-state index in [2.05, 4.69) is 5.10 Å². The number of primary amides is 1. The van der Waals surface area contributed by atoms with E-state index in [0.29, 0.717) is 53.2 Å². The highest BCUT2D eigenvalue weighted by atomic mass is 35.5. The summed E-state index contributed by atoms with van der Waals surface area (Å²) in [5.74, 6) is 0.00305. The predicted molar refractivity (Wildman–Crippen MR) is 132 cm³/mol. The minimum Gasteiger partial charge on any atom is -0.457 e. The van der Waals surface area contributed by atoms with Crippen LogP contribution >= 0.6 is 11.6 Å². The monoisotopic (exact) mass is 515 g/mol. The maximum absolute atomic E-state index is 12.4. The van der Waals surface area contributed by atoms with Crippen LogP contribution in [0.15, 0.2) is 60.7 Å². The van der Waals surface area contributed by atoms with Gasteiger partial charge in [-0.1, -0.05) is 11.6 Å². The molecule has 4 N–H and O–H groups in total. The van der Waals surface area contributed by atoms with Crippen molar-refractivity contribution < 1.29 is 23.1 Å². The van der Waals surface area contributed by atoms with Crippen molar-refractivity contribution in [3.05, 3.63) is 71.3 Å². The average Bonchev–Trinajstić information content (AvgIpc) is 3.21. The summed E-state index contributed by atoms with van der Waals surface area (Å²) in [5.41, 5.74) is 12.9. The largest absolute Gasteiger partial charge is 0.457 e. The Balaban J connectivity index is 1.58. The number of rotatable bonds is 7. The standard InChI is InChI=1S/C25H24ClF2N5O3/c26-16-5-9-19(10-6-16)36-18-7-3-15(4-8-18)23-22(25(30)35)24(29)33(31-23)17-2-1-13-32(14-17)21(34)12-11-20(27)28/h3-12,17,20H,1-2,13-14,29H2,(H2,30,35)/b12-11+. The van der Waals surface area contributed by atoms with Gasteiger partial charge in [-0.2, -0.15) is 5.10 Å². The topological polar surface area (TPSA) is 116 Å². The molecule has 1 fully saturated rings. The van der Waals surface area contributed by atoms with Gasteiger partial charge in [0.1, 0.15) is 28.6 Å². The normalized spacial score (nSPS) is 16.0. The molecule has 0 aliphatic carbocycles. The Morgan fingerprint density at radius 1 is 1.11 bits per heavy atom. The first-order valence-corrected chi connectivity index (χ1v) is 11.6. The molecule has 36 heavy (non-hydrogen) atoms. The lowest BCUT2D eigenvalue weighted by Gasteiger charge is -2.32. The molecule has 3 aromatic rings. The Bertz CT molecular complexity index is 1280. The molecule has 2 heterocycles. The highest BCUT2D eigenvalue weighted by Gasteiger charge is 2.29. The average molecular weight is 516 g/mol. The van der Waals surface area contributed by atoms with Gasteiger partial charge in [0.15, 0.2) is 0 Å². The number of likely N-dealkylation sites (tertiary alicyclic amines) is 1. The zero-order valence-electron chi connectivity index (χ0n) is 19.1. The number of ether oxygens (including phenoxy) is 1. The van der Waals surface area contributed by atoms with Gasteiger partial charge >= 0.3 is 0 Å². The molecule has 0 spiro atoms. The number of hydrogen-bond donors (Lipinski definition) is 2. The quantitative estimate of drug-likeness (QED) is 0.444. The maximum Gasteiger partial charge on any atom is 0.257 e. The fraction of sp³-hybridized carbons (Fsp3) is 0.240. The van der Waals surface area contributed by atoms with E-state index in [4.69, 9.17) is 27.8 Å². The summed E-state index contributed by atoms with van der Waals surface area (Å²) in [6, 6.07) is 13.5. The van der Waals surface area contributed by atoms with Crippen molar-refractivity contribution in [2.75, 3.05) is 18.8 Å². The van der Waals surface area contributed by atoms with Crippen LogP contribution in [0, 0.1) is 0 Å². The van der Waals surface area contributed by atoms with E-state index in [1.54, 1.807) is 48.5 Å². The van der Waals surface area contributed by atoms with E-state index in [1.165, 1.54) is 9.58 Å². The van der Waals surface area contributed by atoms with Gasteiger partial charge in [-0.15, -0.1) is 0 Å². The fourth-order valence-electron chi connectivity index (χ4n) is 4.11. The molecule has 1 aliphatic heterocycles. The van der Waals surface area contributed by atoms with E-state index < -0.39 is 18.2 Å². The van der Waals surface area contributed by atoms with Crippen molar-refractivity contribution in [1.82, 2.24) is 14.7 Å². The Morgan fingerprint density at radius 3 is 2.36 bits per heavy atom. The first kappa shape index (κ1) is 25.2. The van der Waals surface area contributed by atoms with Crippen molar-refractivity contribution in [3.63, 3.8) is 0 Å². The van der Waals surface area contributed by atoms with Gasteiger partial charge in [0.2, 0.25) is 5.91 Å². The van der Waals surface area contributed by atoms with Gasteiger partial charge in [0.05, 0.1) is 6.04 Å². The lowest BCUT2D eigenvalue weighted by molar-refractivity contribution is -0.127. The summed E-state index contributed by atoms with van der Waals surface area (Å²) in [7, 11) is 0. The van der Waals surface area contributed by atoms with Crippen LogP contribution in [0.3, 0.4) is 0 Å². The number of amides is 2. The zero-order valence-corrected chi connectivity index (χ0v) is 19.9. The molecule has 8 nitrogen and oxygen atoms in total. The van der Waals surface area contributed by atoms with Crippen LogP contribution < -0.4 is 16.2 Å². The Hall–Kier alpha value is -3.92. The van der Waals surface area contributed by atoms with Crippen LogP contribution in [-0.4, -0.2) is 46.0 Å². The van der Waals surface area contributed by atoms with Crippen molar-refractivity contribution in [3.8, 4) is 22.8 Å². The second-order valence-corrected chi connectivity index (χ2v) is 8.71. The smallest absolute Gasteiger partial charge is 0.257 e. The molecule has 188 valence electrons. The first-order chi connectivity index (χ1) is 17.2. The van der Waals surface area contributed by atoms with Gasteiger partial charge < -0.3 is 21.1 Å². The molecule has 1 atom stereocenters. The van der Waals surface area contributed by atoms with E-state index in [-0.39, 0.29) is 24.0 Å². The predicted octanol–water partition coefficient (Wildman–Crippen LogP) is 4.66. The number of halogens is 3. The van der Waals surface area contributed by atoms with E-state index in [9.17, 15) is 18.4 Å². The van der Waals surface area contributed by atoms with Gasteiger partial charge in [-0.3, -0.25) is 9.59 Å².